The van der Waals surface area contributed by atoms with Crippen LogP contribution in [0.5, 0.6) is 0 Å². The van der Waals surface area contributed by atoms with Crippen molar-refractivity contribution >= 4 is 17.4 Å². The van der Waals surface area contributed by atoms with E-state index in [2.05, 4.69) is 10.4 Å². The maximum absolute atomic E-state index is 12.6. The summed E-state index contributed by atoms with van der Waals surface area (Å²) < 4.78 is 1.44. The van der Waals surface area contributed by atoms with Crippen molar-refractivity contribution in [3.63, 3.8) is 0 Å². The predicted molar refractivity (Wildman–Crippen MR) is 91.2 cm³/mol. The second-order valence-electron chi connectivity index (χ2n) is 4.96. The van der Waals surface area contributed by atoms with E-state index in [0.717, 1.165) is 6.42 Å². The van der Waals surface area contributed by atoms with Crippen molar-refractivity contribution in [2.24, 2.45) is 0 Å². The summed E-state index contributed by atoms with van der Waals surface area (Å²) in [4.78, 5) is 24.7. The van der Waals surface area contributed by atoms with Gasteiger partial charge in [-0.05, 0) is 18.6 Å². The highest BCUT2D eigenvalue weighted by molar-refractivity contribution is 6.32. The number of carbonyl (C=O) groups is 1. The van der Waals surface area contributed by atoms with Gasteiger partial charge in [0.05, 0.1) is 10.7 Å². The first-order valence-electron chi connectivity index (χ1n) is 7.34. The normalized spacial score (nSPS) is 11.3. The Bertz CT molecular complexity index is 796. The van der Waals surface area contributed by atoms with Gasteiger partial charge in [0.15, 0.2) is 5.69 Å². The fourth-order valence-corrected chi connectivity index (χ4v) is 2.41. The summed E-state index contributed by atoms with van der Waals surface area (Å²) in [6.07, 6.45) is 4.48. The third-order valence-electron chi connectivity index (χ3n) is 3.25. The first kappa shape index (κ1) is 17.0. The van der Waals surface area contributed by atoms with Crippen molar-refractivity contribution in [3.05, 3.63) is 69.2 Å². The molecule has 0 aliphatic rings. The highest BCUT2D eigenvalue weighted by Crippen LogP contribution is 2.18. The van der Waals surface area contributed by atoms with E-state index in [1.54, 1.807) is 31.4 Å². The standard InChI is InChI=1S/C17H18ClN3O2/c1-3-6-12(11-19-2)17(23)16-15(22)9-10-21(20-16)14-8-5-4-7-13(14)18/h4-5,7-11,19H,3,6H2,1-2H3/b12-11+. The number of nitrogens with one attached hydrogen (secondary N) is 1. The van der Waals surface area contributed by atoms with E-state index in [4.69, 9.17) is 11.6 Å². The molecule has 0 amide bonds. The molecule has 0 spiro atoms. The van der Waals surface area contributed by atoms with Crippen molar-refractivity contribution in [3.8, 4) is 5.69 Å². The van der Waals surface area contributed by atoms with E-state index in [-0.39, 0.29) is 11.5 Å². The zero-order chi connectivity index (χ0) is 16.8. The Balaban J connectivity index is 2.50. The quantitative estimate of drug-likeness (QED) is 0.653. The fourth-order valence-electron chi connectivity index (χ4n) is 2.18. The molecule has 0 unspecified atom stereocenters. The largest absolute Gasteiger partial charge is 0.394 e. The van der Waals surface area contributed by atoms with Crippen LogP contribution in [0, 0.1) is 0 Å². The lowest BCUT2D eigenvalue weighted by atomic mass is 10.0. The molecule has 2 aromatic rings. The van der Waals surface area contributed by atoms with Crippen molar-refractivity contribution in [2.45, 2.75) is 19.8 Å². The predicted octanol–water partition coefficient (Wildman–Crippen LogP) is 2.97. The van der Waals surface area contributed by atoms with Gasteiger partial charge in [-0.25, -0.2) is 4.68 Å². The molecule has 1 heterocycles. The van der Waals surface area contributed by atoms with Crippen LogP contribution in [0.4, 0.5) is 0 Å². The molecule has 0 radical (unpaired) electrons. The van der Waals surface area contributed by atoms with E-state index in [1.807, 2.05) is 13.0 Å². The SMILES string of the molecule is CCC/C(=C\NC)C(=O)c1nn(-c2ccccc2Cl)ccc1=O. The molecule has 0 saturated carbocycles. The van der Waals surface area contributed by atoms with Crippen LogP contribution in [0.15, 0.2) is 53.1 Å². The number of aromatic nitrogens is 2. The van der Waals surface area contributed by atoms with E-state index in [0.29, 0.717) is 22.7 Å². The third-order valence-corrected chi connectivity index (χ3v) is 3.57. The van der Waals surface area contributed by atoms with Gasteiger partial charge in [-0.2, -0.15) is 5.10 Å². The maximum atomic E-state index is 12.6. The van der Waals surface area contributed by atoms with Crippen LogP contribution in [-0.4, -0.2) is 22.6 Å². The van der Waals surface area contributed by atoms with E-state index in [1.165, 1.54) is 16.9 Å². The lowest BCUT2D eigenvalue weighted by Gasteiger charge is -2.09. The number of halogens is 1. The molecule has 1 N–H and O–H groups in total. The second kappa shape index (κ2) is 7.74. The van der Waals surface area contributed by atoms with Crippen LogP contribution in [0.3, 0.4) is 0 Å². The lowest BCUT2D eigenvalue weighted by Crippen LogP contribution is -2.22. The van der Waals surface area contributed by atoms with Gasteiger partial charge in [0.25, 0.3) is 0 Å². The zero-order valence-corrected chi connectivity index (χ0v) is 13.8. The number of benzene rings is 1. The molecule has 23 heavy (non-hydrogen) atoms. The smallest absolute Gasteiger partial charge is 0.214 e. The van der Waals surface area contributed by atoms with Gasteiger partial charge < -0.3 is 5.32 Å². The third kappa shape index (κ3) is 3.87. The van der Waals surface area contributed by atoms with Gasteiger partial charge in [-0.3, -0.25) is 9.59 Å². The summed E-state index contributed by atoms with van der Waals surface area (Å²) in [5.41, 5.74) is 0.619. The summed E-state index contributed by atoms with van der Waals surface area (Å²) in [5, 5.41) is 7.52. The first-order valence-corrected chi connectivity index (χ1v) is 7.72. The van der Waals surface area contributed by atoms with Crippen molar-refractivity contribution in [2.75, 3.05) is 7.05 Å². The number of rotatable bonds is 6. The molecule has 0 fully saturated rings. The average Bonchev–Trinajstić information content (AvgIpc) is 2.55. The van der Waals surface area contributed by atoms with Crippen molar-refractivity contribution in [1.29, 1.82) is 0 Å². The Morgan fingerprint density at radius 3 is 2.74 bits per heavy atom. The molecule has 1 aromatic heterocycles. The van der Waals surface area contributed by atoms with Crippen LogP contribution < -0.4 is 10.7 Å². The zero-order valence-electron chi connectivity index (χ0n) is 13.0. The van der Waals surface area contributed by atoms with Gasteiger partial charge in [0.2, 0.25) is 11.2 Å². The topological polar surface area (TPSA) is 64.0 Å². The Labute approximate surface area is 139 Å². The molecule has 1 aromatic carbocycles. The number of Topliss-reactive ketones (excluding diaryl/α,β-unsaturated/α-hetero) is 1. The molecule has 5 nitrogen and oxygen atoms in total. The van der Waals surface area contributed by atoms with E-state index < -0.39 is 5.43 Å². The van der Waals surface area contributed by atoms with Crippen LogP contribution in [0.2, 0.25) is 5.02 Å². The molecule has 6 heteroatoms. The number of allylic oxidation sites excluding steroid dienone is 1. The molecule has 0 saturated heterocycles. The number of hydrogen-bond acceptors (Lipinski definition) is 4. The molecule has 0 aliphatic carbocycles. The van der Waals surface area contributed by atoms with Gasteiger partial charge in [0, 0.05) is 31.1 Å². The number of ketones is 1. The Hall–Kier alpha value is -2.40. The highest BCUT2D eigenvalue weighted by atomic mass is 35.5. The Morgan fingerprint density at radius 2 is 2.09 bits per heavy atom. The fraction of sp³-hybridized carbons (Fsp3) is 0.235. The molecule has 120 valence electrons. The molecule has 0 bridgehead atoms. The van der Waals surface area contributed by atoms with Gasteiger partial charge in [-0.1, -0.05) is 37.1 Å². The highest BCUT2D eigenvalue weighted by Gasteiger charge is 2.18. The summed E-state index contributed by atoms with van der Waals surface area (Å²) in [6, 6.07) is 8.43. The first-order chi connectivity index (χ1) is 11.1. The number of para-hydroxylation sites is 1. The van der Waals surface area contributed by atoms with E-state index in [9.17, 15) is 9.59 Å². The van der Waals surface area contributed by atoms with Gasteiger partial charge in [0.1, 0.15) is 0 Å². The van der Waals surface area contributed by atoms with Crippen molar-refractivity contribution in [1.82, 2.24) is 15.1 Å². The summed E-state index contributed by atoms with van der Waals surface area (Å²) >= 11 is 6.15. The van der Waals surface area contributed by atoms with Crippen LogP contribution in [-0.2, 0) is 0 Å². The molecular formula is C17H18ClN3O2. The Kier molecular flexibility index (Phi) is 5.71. The number of nitrogens with zero attached hydrogens (tertiary/aromatic N) is 2. The maximum Gasteiger partial charge on any atom is 0.214 e. The minimum Gasteiger partial charge on any atom is -0.394 e. The van der Waals surface area contributed by atoms with Crippen LogP contribution in [0.25, 0.3) is 5.69 Å². The Morgan fingerprint density at radius 1 is 1.35 bits per heavy atom. The lowest BCUT2D eigenvalue weighted by molar-refractivity contribution is 0.102. The minimum absolute atomic E-state index is 0.109. The molecule has 0 aliphatic heterocycles. The van der Waals surface area contributed by atoms with E-state index >= 15 is 0 Å². The molecule has 0 atom stereocenters. The monoisotopic (exact) mass is 331 g/mol. The molecule has 2 rings (SSSR count). The summed E-state index contributed by atoms with van der Waals surface area (Å²) in [6.45, 7) is 1.97. The average molecular weight is 332 g/mol. The van der Waals surface area contributed by atoms with Crippen molar-refractivity contribution < 1.29 is 4.79 Å². The second-order valence-corrected chi connectivity index (χ2v) is 5.37. The van der Waals surface area contributed by atoms with Gasteiger partial charge >= 0.3 is 0 Å². The van der Waals surface area contributed by atoms with Crippen LogP contribution in [0.1, 0.15) is 30.3 Å². The minimum atomic E-state index is -0.406. The summed E-state index contributed by atoms with van der Waals surface area (Å²) in [7, 11) is 1.71. The van der Waals surface area contributed by atoms with Gasteiger partial charge in [-0.15, -0.1) is 0 Å². The summed E-state index contributed by atoms with van der Waals surface area (Å²) in [5.74, 6) is -0.368. The van der Waals surface area contributed by atoms with Crippen LogP contribution >= 0.6 is 11.6 Å². The molecular weight excluding hydrogens is 314 g/mol. The number of hydrogen-bond donors (Lipinski definition) is 1. The number of carbonyl (C=O) groups excluding carboxylic acids is 1.